The average Bonchev–Trinajstić information content (AvgIpc) is 2.92. The number of nitriles is 1. The number of benzene rings is 2. The minimum absolute atomic E-state index is 0.517. The Balaban J connectivity index is 2.25. The Labute approximate surface area is 144 Å². The summed E-state index contributed by atoms with van der Waals surface area (Å²) in [6, 6.07) is 16.3. The van der Waals surface area contributed by atoms with E-state index in [2.05, 4.69) is 24.0 Å². The van der Waals surface area contributed by atoms with E-state index in [-0.39, 0.29) is 0 Å². The van der Waals surface area contributed by atoms with Gasteiger partial charge in [-0.15, -0.1) is 11.3 Å². The maximum atomic E-state index is 9.65. The maximum absolute atomic E-state index is 9.65. The number of nitrogen functional groups attached to an aromatic ring is 1. The lowest BCUT2D eigenvalue weighted by Gasteiger charge is -2.09. The quantitative estimate of drug-likeness (QED) is 0.489. The van der Waals surface area contributed by atoms with Gasteiger partial charge in [-0.05, 0) is 37.1 Å². The van der Waals surface area contributed by atoms with Crippen LogP contribution in [0.5, 0.6) is 0 Å². The second kappa shape index (κ2) is 5.33. The van der Waals surface area contributed by atoms with Crippen molar-refractivity contribution in [1.82, 2.24) is 4.98 Å². The zero-order chi connectivity index (χ0) is 16.8. The van der Waals surface area contributed by atoms with Gasteiger partial charge in [0.05, 0.1) is 11.3 Å². The first-order valence-corrected chi connectivity index (χ1v) is 8.50. The van der Waals surface area contributed by atoms with Gasteiger partial charge >= 0.3 is 0 Å². The van der Waals surface area contributed by atoms with Gasteiger partial charge in [-0.1, -0.05) is 30.3 Å². The van der Waals surface area contributed by atoms with Crippen molar-refractivity contribution in [2.45, 2.75) is 13.8 Å². The Morgan fingerprint density at radius 1 is 1.12 bits per heavy atom. The Bertz CT molecular complexity index is 1130. The predicted octanol–water partition coefficient (Wildman–Crippen LogP) is 5.19. The fourth-order valence-corrected chi connectivity index (χ4v) is 4.63. The molecule has 0 unspecified atom stereocenters. The van der Waals surface area contributed by atoms with Crippen molar-refractivity contribution < 1.29 is 0 Å². The first-order valence-electron chi connectivity index (χ1n) is 7.68. The van der Waals surface area contributed by atoms with Crippen molar-refractivity contribution in [1.29, 1.82) is 5.26 Å². The summed E-state index contributed by atoms with van der Waals surface area (Å²) in [5.41, 5.74) is 11.4. The summed E-state index contributed by atoms with van der Waals surface area (Å²) in [4.78, 5) is 5.68. The van der Waals surface area contributed by atoms with Crippen molar-refractivity contribution in [2.24, 2.45) is 0 Å². The van der Waals surface area contributed by atoms with Crippen LogP contribution in [-0.4, -0.2) is 4.98 Å². The molecular weight excluding hydrogens is 314 g/mol. The molecule has 0 saturated carbocycles. The highest BCUT2D eigenvalue weighted by Gasteiger charge is 2.19. The van der Waals surface area contributed by atoms with Crippen molar-refractivity contribution in [3.8, 4) is 17.2 Å². The number of fused-ring (bicyclic) bond motifs is 3. The molecule has 0 saturated heterocycles. The van der Waals surface area contributed by atoms with Gasteiger partial charge in [0.25, 0.3) is 0 Å². The third-order valence-corrected chi connectivity index (χ3v) is 5.38. The van der Waals surface area contributed by atoms with E-state index in [1.165, 1.54) is 5.56 Å². The number of aryl methyl sites for hydroxylation is 2. The van der Waals surface area contributed by atoms with Gasteiger partial charge in [0.15, 0.2) is 0 Å². The Hall–Kier alpha value is -2.90. The topological polar surface area (TPSA) is 62.7 Å². The predicted molar refractivity (Wildman–Crippen MR) is 101 cm³/mol. The minimum Gasteiger partial charge on any atom is -0.398 e. The number of aromatic nitrogens is 1. The molecule has 0 aliphatic heterocycles. The zero-order valence-corrected chi connectivity index (χ0v) is 14.2. The lowest BCUT2D eigenvalue weighted by molar-refractivity contribution is 1.25. The van der Waals surface area contributed by atoms with Crippen LogP contribution < -0.4 is 5.73 Å². The van der Waals surface area contributed by atoms with Gasteiger partial charge in [0.2, 0.25) is 0 Å². The average molecular weight is 329 g/mol. The Kier molecular flexibility index (Phi) is 3.26. The lowest BCUT2D eigenvalue weighted by atomic mass is 9.96. The van der Waals surface area contributed by atoms with Crippen molar-refractivity contribution in [2.75, 3.05) is 5.73 Å². The van der Waals surface area contributed by atoms with Crippen LogP contribution in [0, 0.1) is 25.2 Å². The van der Waals surface area contributed by atoms with Gasteiger partial charge in [0, 0.05) is 26.7 Å². The van der Waals surface area contributed by atoms with Gasteiger partial charge in [-0.25, -0.2) is 4.98 Å². The highest BCUT2D eigenvalue weighted by atomic mass is 32.1. The first-order chi connectivity index (χ1) is 11.6. The Morgan fingerprint density at radius 2 is 1.88 bits per heavy atom. The molecule has 2 aromatic carbocycles. The third kappa shape index (κ3) is 2.06. The zero-order valence-electron chi connectivity index (χ0n) is 13.4. The number of thiophene rings is 1. The molecule has 3 nitrogen and oxygen atoms in total. The van der Waals surface area contributed by atoms with E-state index in [0.717, 1.165) is 37.1 Å². The van der Waals surface area contributed by atoms with E-state index in [1.54, 1.807) is 11.3 Å². The van der Waals surface area contributed by atoms with Crippen LogP contribution in [0.25, 0.3) is 31.4 Å². The SMILES string of the molecule is Cc1cc(C)c2c(n1)sc1c(-c3ccccc3)c(C#N)c(N)cc12. The molecule has 0 bridgehead atoms. The maximum Gasteiger partial charge on any atom is 0.125 e. The number of hydrogen-bond acceptors (Lipinski definition) is 4. The van der Waals surface area contributed by atoms with Crippen LogP contribution in [-0.2, 0) is 0 Å². The molecule has 116 valence electrons. The minimum atomic E-state index is 0.517. The van der Waals surface area contributed by atoms with E-state index < -0.39 is 0 Å². The molecule has 4 rings (SSSR count). The molecule has 0 radical (unpaired) electrons. The normalized spacial score (nSPS) is 11.0. The van der Waals surface area contributed by atoms with E-state index in [4.69, 9.17) is 5.73 Å². The van der Waals surface area contributed by atoms with Crippen molar-refractivity contribution in [3.05, 3.63) is 59.3 Å². The summed E-state index contributed by atoms with van der Waals surface area (Å²) in [6.07, 6.45) is 0. The van der Waals surface area contributed by atoms with E-state index in [1.807, 2.05) is 43.3 Å². The number of pyridine rings is 1. The molecule has 2 heterocycles. The molecule has 2 N–H and O–H groups in total. The Morgan fingerprint density at radius 3 is 2.58 bits per heavy atom. The van der Waals surface area contributed by atoms with Gasteiger partial charge < -0.3 is 5.73 Å². The van der Waals surface area contributed by atoms with Crippen LogP contribution >= 0.6 is 11.3 Å². The third-order valence-electron chi connectivity index (χ3n) is 4.26. The first kappa shape index (κ1) is 14.7. The molecule has 0 amide bonds. The van der Waals surface area contributed by atoms with E-state index in [9.17, 15) is 5.26 Å². The molecule has 0 aliphatic rings. The second-order valence-electron chi connectivity index (χ2n) is 5.93. The monoisotopic (exact) mass is 329 g/mol. The largest absolute Gasteiger partial charge is 0.398 e. The molecule has 4 aromatic rings. The summed E-state index contributed by atoms with van der Waals surface area (Å²) in [6.45, 7) is 4.10. The molecule has 2 aromatic heterocycles. The van der Waals surface area contributed by atoms with Crippen LogP contribution in [0.4, 0.5) is 5.69 Å². The van der Waals surface area contributed by atoms with E-state index in [0.29, 0.717) is 11.3 Å². The second-order valence-corrected chi connectivity index (χ2v) is 6.93. The van der Waals surface area contributed by atoms with Gasteiger partial charge in [0.1, 0.15) is 10.9 Å². The fourth-order valence-electron chi connectivity index (χ4n) is 3.28. The number of nitrogens with zero attached hydrogens (tertiary/aromatic N) is 2. The van der Waals surface area contributed by atoms with E-state index >= 15 is 0 Å². The van der Waals surface area contributed by atoms with Crippen LogP contribution in [0.15, 0.2) is 42.5 Å². The standard InChI is InChI=1S/C20H15N3S/c1-11-8-12(2)23-20-17(11)14-9-16(22)15(10-21)18(19(14)24-20)13-6-4-3-5-7-13/h3-9H,22H2,1-2H3. The molecule has 0 aliphatic carbocycles. The number of anilines is 1. The smallest absolute Gasteiger partial charge is 0.125 e. The van der Waals surface area contributed by atoms with Crippen LogP contribution in [0.3, 0.4) is 0 Å². The number of nitrogens with two attached hydrogens (primary N) is 1. The fraction of sp³-hybridized carbons (Fsp3) is 0.100. The number of hydrogen-bond donors (Lipinski definition) is 1. The summed E-state index contributed by atoms with van der Waals surface area (Å²) < 4.78 is 1.07. The molecule has 0 spiro atoms. The molecule has 0 atom stereocenters. The summed E-state index contributed by atoms with van der Waals surface area (Å²) in [7, 11) is 0. The van der Waals surface area contributed by atoms with Crippen molar-refractivity contribution in [3.63, 3.8) is 0 Å². The summed E-state index contributed by atoms with van der Waals surface area (Å²) in [5.74, 6) is 0. The van der Waals surface area contributed by atoms with Gasteiger partial charge in [-0.2, -0.15) is 5.26 Å². The molecular formula is C20H15N3S. The molecule has 24 heavy (non-hydrogen) atoms. The van der Waals surface area contributed by atoms with Crippen molar-refractivity contribution >= 4 is 37.3 Å². The highest BCUT2D eigenvalue weighted by molar-refractivity contribution is 7.26. The van der Waals surface area contributed by atoms with Gasteiger partial charge in [-0.3, -0.25) is 0 Å². The van der Waals surface area contributed by atoms with Crippen LogP contribution in [0.2, 0.25) is 0 Å². The molecule has 0 fully saturated rings. The van der Waals surface area contributed by atoms with Crippen LogP contribution in [0.1, 0.15) is 16.8 Å². The highest BCUT2D eigenvalue weighted by Crippen LogP contribution is 2.44. The summed E-state index contributed by atoms with van der Waals surface area (Å²) >= 11 is 1.63. The molecule has 4 heteroatoms. The number of rotatable bonds is 1. The summed E-state index contributed by atoms with van der Waals surface area (Å²) in [5, 5.41) is 11.9. The lowest BCUT2D eigenvalue weighted by Crippen LogP contribution is -1.94.